The zero-order chi connectivity index (χ0) is 17.2. The van der Waals surface area contributed by atoms with Gasteiger partial charge in [0.1, 0.15) is 29.9 Å². The molecule has 2 rings (SSSR count). The van der Waals surface area contributed by atoms with Gasteiger partial charge in [0.25, 0.3) is 10.4 Å². The van der Waals surface area contributed by atoms with Crippen LogP contribution >= 0.6 is 11.8 Å². The fourth-order valence-electron chi connectivity index (χ4n) is 2.02. The van der Waals surface area contributed by atoms with Crippen LogP contribution in [-0.4, -0.2) is 69.9 Å². The molecule has 12 heteroatoms. The van der Waals surface area contributed by atoms with Crippen molar-refractivity contribution in [2.45, 2.75) is 34.7 Å². The maximum Gasteiger partial charge on any atom is 1.00 e. The maximum atomic E-state index is 10.7. The normalized spacial score (nSPS) is 30.5. The van der Waals surface area contributed by atoms with E-state index >= 15 is 0 Å². The summed E-state index contributed by atoms with van der Waals surface area (Å²) in [6, 6.07) is 5.64. The first-order valence-corrected chi connectivity index (χ1v) is 8.65. The van der Waals surface area contributed by atoms with Crippen molar-refractivity contribution in [2.75, 3.05) is 6.61 Å². The summed E-state index contributed by atoms with van der Waals surface area (Å²) >= 11 is 0.782. The summed E-state index contributed by atoms with van der Waals surface area (Å²) in [5, 5.41) is 38.5. The van der Waals surface area contributed by atoms with E-state index < -0.39 is 46.9 Å². The van der Waals surface area contributed by atoms with Crippen LogP contribution in [0, 0.1) is 0 Å². The summed E-state index contributed by atoms with van der Waals surface area (Å²) in [4.78, 5) is 0.163. The molecular weight excluding hydrogens is 391 g/mol. The minimum atomic E-state index is -4.99. The molecule has 5 atom stereocenters. The van der Waals surface area contributed by atoms with E-state index in [0.717, 1.165) is 11.8 Å². The number of ether oxygens (including phenoxy) is 1. The molecule has 1 fully saturated rings. The average molecular weight is 406 g/mol. The van der Waals surface area contributed by atoms with Gasteiger partial charge in [-0.15, -0.1) is 0 Å². The van der Waals surface area contributed by atoms with Crippen LogP contribution in [0.15, 0.2) is 29.2 Å². The van der Waals surface area contributed by atoms with Gasteiger partial charge < -0.3 is 33.9 Å². The molecule has 1 aliphatic rings. The van der Waals surface area contributed by atoms with Crippen LogP contribution in [0.4, 0.5) is 0 Å². The van der Waals surface area contributed by atoms with Gasteiger partial charge in [-0.2, -0.15) is 0 Å². The molecule has 24 heavy (non-hydrogen) atoms. The molecule has 0 aliphatic carbocycles. The summed E-state index contributed by atoms with van der Waals surface area (Å²) in [7, 11) is -4.99. The van der Waals surface area contributed by atoms with E-state index in [0.29, 0.717) is 0 Å². The summed E-state index contributed by atoms with van der Waals surface area (Å²) in [6.07, 6.45) is -5.66. The number of hydrogen-bond donors (Lipinski definition) is 4. The van der Waals surface area contributed by atoms with E-state index in [9.17, 15) is 28.3 Å². The minimum Gasteiger partial charge on any atom is -0.716 e. The van der Waals surface area contributed by atoms with E-state index in [1.165, 1.54) is 24.3 Å². The number of hydrogen-bond acceptors (Lipinski definition) is 10. The third-order valence-electron chi connectivity index (χ3n) is 3.13. The largest absolute Gasteiger partial charge is 1.00 e. The molecule has 1 heterocycles. The van der Waals surface area contributed by atoms with Crippen LogP contribution in [0.1, 0.15) is 0 Å². The van der Waals surface area contributed by atoms with Crippen LogP contribution in [0.3, 0.4) is 0 Å². The van der Waals surface area contributed by atoms with Crippen LogP contribution in [0.25, 0.3) is 0 Å². The fourth-order valence-corrected chi connectivity index (χ4v) is 3.57. The second-order valence-electron chi connectivity index (χ2n) is 4.75. The van der Waals surface area contributed by atoms with Crippen molar-refractivity contribution in [2.24, 2.45) is 0 Å². The van der Waals surface area contributed by atoms with Gasteiger partial charge in [-0.3, -0.25) is 0 Å². The fraction of sp³-hybridized carbons (Fsp3) is 0.500. The Hall–Kier alpha value is 0.716. The molecule has 0 aromatic heterocycles. The minimum absolute atomic E-state index is 0. The van der Waals surface area contributed by atoms with Crippen molar-refractivity contribution in [3.63, 3.8) is 0 Å². The van der Waals surface area contributed by atoms with Crippen LogP contribution < -0.4 is 55.6 Å². The monoisotopic (exact) mass is 406 g/mol. The Morgan fingerprint density at radius 1 is 1.17 bits per heavy atom. The number of thioether (sulfide) groups is 1. The molecule has 0 radical (unpaired) electrons. The van der Waals surface area contributed by atoms with E-state index in [2.05, 4.69) is 4.18 Å². The molecular formula is C12H15KO9S2. The molecule has 130 valence electrons. The Morgan fingerprint density at radius 3 is 2.38 bits per heavy atom. The number of para-hydroxylation sites is 1. The molecule has 1 aliphatic heterocycles. The van der Waals surface area contributed by atoms with Gasteiger partial charge in [0, 0.05) is 0 Å². The summed E-state index contributed by atoms with van der Waals surface area (Å²) in [6.45, 7) is -0.588. The first-order chi connectivity index (χ1) is 10.7. The van der Waals surface area contributed by atoms with Gasteiger partial charge in [-0.05, 0) is 12.1 Å². The van der Waals surface area contributed by atoms with Crippen molar-refractivity contribution in [3.05, 3.63) is 24.3 Å². The van der Waals surface area contributed by atoms with E-state index in [4.69, 9.17) is 9.84 Å². The van der Waals surface area contributed by atoms with Crippen molar-refractivity contribution < 1.29 is 93.7 Å². The molecule has 0 amide bonds. The van der Waals surface area contributed by atoms with Gasteiger partial charge in [-0.25, -0.2) is 8.42 Å². The summed E-state index contributed by atoms with van der Waals surface area (Å²) < 4.78 is 41.8. The SMILES string of the molecule is O=S(=O)([O-])Oc1ccccc1S[C@@H]1O[C@H](CO)[C@@H](O)[C@H](O)[C@H]1O.[K+]. The molecule has 0 saturated carbocycles. The van der Waals surface area contributed by atoms with Gasteiger partial charge >= 0.3 is 51.4 Å². The van der Waals surface area contributed by atoms with Crippen LogP contribution in [0.2, 0.25) is 0 Å². The maximum absolute atomic E-state index is 10.7. The smallest absolute Gasteiger partial charge is 0.716 e. The molecule has 4 N–H and O–H groups in total. The van der Waals surface area contributed by atoms with Gasteiger partial charge in [0.2, 0.25) is 0 Å². The van der Waals surface area contributed by atoms with Crippen molar-refractivity contribution >= 4 is 22.2 Å². The van der Waals surface area contributed by atoms with Crippen LogP contribution in [0.5, 0.6) is 5.75 Å². The third-order valence-corrected chi connectivity index (χ3v) is 4.73. The first-order valence-electron chi connectivity index (χ1n) is 6.44. The average Bonchev–Trinajstić information content (AvgIpc) is 2.48. The zero-order valence-corrected chi connectivity index (χ0v) is 17.3. The molecule has 1 aromatic rings. The standard InChI is InChI=1S/C12H16O9S2.K/c13-5-7-9(14)10(15)11(16)12(20-7)22-8-4-2-1-3-6(8)21-23(17,18)19;/h1-4,7,9-16H,5H2,(H,17,18,19);/q;+1/p-1/t7-,9-,10+,11-,12+;/m1./s1. The summed E-state index contributed by atoms with van der Waals surface area (Å²) in [5.74, 6) is -0.260. The van der Waals surface area contributed by atoms with Gasteiger partial charge in [0.05, 0.1) is 11.5 Å². The molecule has 1 aromatic carbocycles. The Bertz CT molecular complexity index is 639. The van der Waals surface area contributed by atoms with Gasteiger partial charge in [-0.1, -0.05) is 23.9 Å². The Labute approximate surface area is 185 Å². The predicted octanol–water partition coefficient (Wildman–Crippen LogP) is -4.58. The second-order valence-corrected chi connectivity index (χ2v) is 6.88. The Balaban J connectivity index is 0.00000288. The number of aliphatic hydroxyl groups is 4. The molecule has 1 saturated heterocycles. The Morgan fingerprint density at radius 2 is 1.79 bits per heavy atom. The van der Waals surface area contributed by atoms with Crippen LogP contribution in [-0.2, 0) is 15.1 Å². The second kappa shape index (κ2) is 9.59. The molecule has 0 bridgehead atoms. The van der Waals surface area contributed by atoms with E-state index in [1.807, 2.05) is 0 Å². The molecule has 0 unspecified atom stereocenters. The quantitative estimate of drug-likeness (QED) is 0.213. The topological polar surface area (TPSA) is 157 Å². The number of aliphatic hydroxyl groups excluding tert-OH is 4. The van der Waals surface area contributed by atoms with Crippen molar-refractivity contribution in [1.29, 1.82) is 0 Å². The number of rotatable bonds is 5. The van der Waals surface area contributed by atoms with E-state index in [-0.39, 0.29) is 62.0 Å². The van der Waals surface area contributed by atoms with Crippen molar-refractivity contribution in [3.8, 4) is 5.75 Å². The molecule has 0 spiro atoms. The predicted molar refractivity (Wildman–Crippen MR) is 76.4 cm³/mol. The van der Waals surface area contributed by atoms with E-state index in [1.54, 1.807) is 0 Å². The van der Waals surface area contributed by atoms with Crippen molar-refractivity contribution in [1.82, 2.24) is 0 Å². The molecule has 9 nitrogen and oxygen atoms in total. The number of benzene rings is 1. The zero-order valence-electron chi connectivity index (χ0n) is 12.5. The first kappa shape index (κ1) is 22.8. The summed E-state index contributed by atoms with van der Waals surface area (Å²) in [5.41, 5.74) is -1.12. The van der Waals surface area contributed by atoms with Gasteiger partial charge in [0.15, 0.2) is 5.75 Å². The Kier molecular flexibility index (Phi) is 9.10. The third kappa shape index (κ3) is 5.87.